The van der Waals surface area contributed by atoms with Gasteiger partial charge in [-0.05, 0) is 0 Å². The molecule has 0 aliphatic carbocycles. The average Bonchev–Trinajstić information content (AvgIpc) is 2.32. The first kappa shape index (κ1) is 7.52. The molecule has 0 radical (unpaired) electrons. The molecule has 6 nitrogen and oxygen atoms in total. The summed E-state index contributed by atoms with van der Waals surface area (Å²) in [5.74, 6) is -1.18. The van der Waals surface area contributed by atoms with E-state index in [1.807, 2.05) is 0 Å². The van der Waals surface area contributed by atoms with Gasteiger partial charge in [0, 0.05) is 12.6 Å². The molecular weight excluding hydrogens is 152 g/mol. The molecule has 0 saturated heterocycles. The zero-order chi connectivity index (χ0) is 8.43. The highest BCUT2D eigenvalue weighted by atomic mass is 16.4. The molecular formula is C5H6N2O4. The summed E-state index contributed by atoms with van der Waals surface area (Å²) in [5, 5.41) is 20.7. The van der Waals surface area contributed by atoms with E-state index in [0.29, 0.717) is 5.01 Å². The van der Waals surface area contributed by atoms with Crippen molar-refractivity contribution >= 4 is 18.3 Å². The normalized spacial score (nSPS) is 22.2. The molecule has 1 atom stereocenters. The molecule has 1 rings (SSSR count). The highest BCUT2D eigenvalue weighted by Gasteiger charge is 2.32. The fraction of sp³-hybridized carbons (Fsp3) is 0.400. The van der Waals surface area contributed by atoms with E-state index in [1.54, 1.807) is 0 Å². The third-order valence-electron chi connectivity index (χ3n) is 1.31. The van der Waals surface area contributed by atoms with Gasteiger partial charge in [0.2, 0.25) is 0 Å². The topological polar surface area (TPSA) is 90.2 Å². The summed E-state index contributed by atoms with van der Waals surface area (Å²) in [6, 6.07) is -1.05. The van der Waals surface area contributed by atoms with Gasteiger partial charge < -0.3 is 10.2 Å². The van der Waals surface area contributed by atoms with Gasteiger partial charge in [0.15, 0.2) is 6.04 Å². The van der Waals surface area contributed by atoms with Crippen LogP contribution in [0, 0.1) is 0 Å². The van der Waals surface area contributed by atoms with Crippen molar-refractivity contribution in [1.29, 1.82) is 0 Å². The first-order chi connectivity index (χ1) is 5.13. The van der Waals surface area contributed by atoms with Gasteiger partial charge in [-0.15, -0.1) is 0 Å². The minimum Gasteiger partial charge on any atom is -0.480 e. The quantitative estimate of drug-likeness (QED) is 0.553. The zero-order valence-electron chi connectivity index (χ0n) is 5.47. The molecule has 0 aromatic heterocycles. The largest absolute Gasteiger partial charge is 0.480 e. The minimum absolute atomic E-state index is 0.141. The van der Waals surface area contributed by atoms with E-state index in [2.05, 4.69) is 5.10 Å². The number of rotatable bonds is 1. The summed E-state index contributed by atoms with van der Waals surface area (Å²) in [6.07, 6.45) is 0.0697. The number of hydrogen-bond acceptors (Lipinski definition) is 3. The Hall–Kier alpha value is -1.59. The van der Waals surface area contributed by atoms with Crippen LogP contribution in [0.3, 0.4) is 0 Å². The van der Waals surface area contributed by atoms with Crippen molar-refractivity contribution < 1.29 is 19.8 Å². The van der Waals surface area contributed by atoms with Crippen LogP contribution in [0.5, 0.6) is 0 Å². The maximum absolute atomic E-state index is 10.3. The monoisotopic (exact) mass is 158 g/mol. The van der Waals surface area contributed by atoms with E-state index in [-0.39, 0.29) is 6.42 Å². The number of hydrazone groups is 1. The Balaban J connectivity index is 2.71. The van der Waals surface area contributed by atoms with Crippen LogP contribution in [0.2, 0.25) is 0 Å². The summed E-state index contributed by atoms with van der Waals surface area (Å²) in [7, 11) is 0. The summed E-state index contributed by atoms with van der Waals surface area (Å²) in [4.78, 5) is 20.6. The summed E-state index contributed by atoms with van der Waals surface area (Å²) in [5.41, 5.74) is 0. The highest BCUT2D eigenvalue weighted by Crippen LogP contribution is 2.10. The fourth-order valence-corrected chi connectivity index (χ4v) is 0.803. The number of carbonyl (C=O) groups is 2. The van der Waals surface area contributed by atoms with Crippen LogP contribution in [-0.4, -0.2) is 39.5 Å². The Bertz CT molecular complexity index is 225. The van der Waals surface area contributed by atoms with Crippen LogP contribution < -0.4 is 0 Å². The molecule has 0 spiro atoms. The van der Waals surface area contributed by atoms with Crippen molar-refractivity contribution in [3.05, 3.63) is 0 Å². The Morgan fingerprint density at radius 3 is 2.55 bits per heavy atom. The Morgan fingerprint density at radius 2 is 2.18 bits per heavy atom. The molecule has 0 bridgehead atoms. The van der Waals surface area contributed by atoms with Crippen molar-refractivity contribution in [3.63, 3.8) is 0 Å². The van der Waals surface area contributed by atoms with Crippen molar-refractivity contribution in [2.24, 2.45) is 5.10 Å². The first-order valence-electron chi connectivity index (χ1n) is 2.90. The van der Waals surface area contributed by atoms with Crippen LogP contribution >= 0.6 is 0 Å². The Kier molecular flexibility index (Phi) is 1.75. The predicted molar refractivity (Wildman–Crippen MR) is 34.4 cm³/mol. The van der Waals surface area contributed by atoms with Gasteiger partial charge in [-0.1, -0.05) is 0 Å². The summed E-state index contributed by atoms with van der Waals surface area (Å²) >= 11 is 0. The van der Waals surface area contributed by atoms with Gasteiger partial charge in [0.25, 0.3) is 0 Å². The molecule has 0 fully saturated rings. The molecule has 0 aromatic carbocycles. The van der Waals surface area contributed by atoms with E-state index in [0.717, 1.165) is 0 Å². The number of carboxylic acid groups (broad SMARTS) is 2. The van der Waals surface area contributed by atoms with Crippen LogP contribution in [0.15, 0.2) is 5.10 Å². The van der Waals surface area contributed by atoms with Gasteiger partial charge >= 0.3 is 12.1 Å². The van der Waals surface area contributed by atoms with Crippen LogP contribution in [0.4, 0.5) is 4.79 Å². The second kappa shape index (κ2) is 2.57. The van der Waals surface area contributed by atoms with Crippen molar-refractivity contribution in [3.8, 4) is 0 Å². The van der Waals surface area contributed by atoms with Crippen molar-refractivity contribution in [2.75, 3.05) is 0 Å². The maximum atomic E-state index is 10.3. The van der Waals surface area contributed by atoms with E-state index in [4.69, 9.17) is 10.2 Å². The SMILES string of the molecule is O=C(O)C1CC=NN1C(=O)O. The number of nitrogens with zero attached hydrogens (tertiary/aromatic N) is 2. The molecule has 0 saturated carbocycles. The smallest absolute Gasteiger partial charge is 0.428 e. The lowest BCUT2D eigenvalue weighted by Gasteiger charge is -2.13. The molecule has 1 heterocycles. The lowest BCUT2D eigenvalue weighted by atomic mass is 10.2. The van der Waals surface area contributed by atoms with E-state index in [1.165, 1.54) is 6.21 Å². The van der Waals surface area contributed by atoms with Crippen LogP contribution in [0.25, 0.3) is 0 Å². The molecule has 0 aromatic rings. The predicted octanol–water partition coefficient (Wildman–Crippen LogP) is -0.191. The second-order valence-corrected chi connectivity index (χ2v) is 2.01. The fourth-order valence-electron chi connectivity index (χ4n) is 0.803. The first-order valence-corrected chi connectivity index (χ1v) is 2.90. The Morgan fingerprint density at radius 1 is 1.55 bits per heavy atom. The number of amides is 1. The minimum atomic E-state index is -1.34. The number of hydrogen-bond donors (Lipinski definition) is 2. The van der Waals surface area contributed by atoms with Gasteiger partial charge in [-0.3, -0.25) is 0 Å². The summed E-state index contributed by atoms with van der Waals surface area (Å²) < 4.78 is 0. The van der Waals surface area contributed by atoms with Gasteiger partial charge in [0.05, 0.1) is 0 Å². The number of carboxylic acids is 1. The molecule has 2 N–H and O–H groups in total. The van der Waals surface area contributed by atoms with E-state index >= 15 is 0 Å². The van der Waals surface area contributed by atoms with E-state index < -0.39 is 18.1 Å². The summed E-state index contributed by atoms with van der Waals surface area (Å²) in [6.45, 7) is 0. The average molecular weight is 158 g/mol. The van der Waals surface area contributed by atoms with Crippen LogP contribution in [0.1, 0.15) is 6.42 Å². The Labute approximate surface area is 61.7 Å². The van der Waals surface area contributed by atoms with Gasteiger partial charge in [0.1, 0.15) is 0 Å². The van der Waals surface area contributed by atoms with Gasteiger partial charge in [-0.25, -0.2) is 9.59 Å². The molecule has 1 unspecified atom stereocenters. The van der Waals surface area contributed by atoms with E-state index in [9.17, 15) is 9.59 Å². The third-order valence-corrected chi connectivity index (χ3v) is 1.31. The lowest BCUT2D eigenvalue weighted by molar-refractivity contribution is -0.141. The molecule has 1 aliphatic heterocycles. The van der Waals surface area contributed by atoms with Gasteiger partial charge in [-0.2, -0.15) is 10.1 Å². The molecule has 60 valence electrons. The second-order valence-electron chi connectivity index (χ2n) is 2.01. The molecule has 11 heavy (non-hydrogen) atoms. The highest BCUT2D eigenvalue weighted by molar-refractivity contribution is 5.85. The lowest BCUT2D eigenvalue weighted by Crippen LogP contribution is -2.37. The van der Waals surface area contributed by atoms with Crippen molar-refractivity contribution in [2.45, 2.75) is 12.5 Å². The molecule has 6 heteroatoms. The third kappa shape index (κ3) is 1.28. The van der Waals surface area contributed by atoms with Crippen LogP contribution in [-0.2, 0) is 4.79 Å². The standard InChI is InChI=1S/C5H6N2O4/c8-4(9)3-1-2-6-7(3)5(10)11/h2-3H,1H2,(H,8,9)(H,10,11). The zero-order valence-corrected chi connectivity index (χ0v) is 5.47. The number of aliphatic carboxylic acids is 1. The van der Waals surface area contributed by atoms with Crippen molar-refractivity contribution in [1.82, 2.24) is 5.01 Å². The molecule has 1 amide bonds. The molecule has 1 aliphatic rings. The maximum Gasteiger partial charge on any atom is 0.428 e.